The molecule has 4 aromatic rings. The van der Waals surface area contributed by atoms with E-state index in [1.54, 1.807) is 11.3 Å². The van der Waals surface area contributed by atoms with Crippen LogP contribution >= 0.6 is 11.3 Å². The lowest BCUT2D eigenvalue weighted by molar-refractivity contribution is -0.641. The summed E-state index contributed by atoms with van der Waals surface area (Å²) in [7, 11) is 0. The minimum Gasteiger partial charge on any atom is -0.422 e. The van der Waals surface area contributed by atoms with Crippen molar-refractivity contribution in [2.75, 3.05) is 18.0 Å². The third-order valence-corrected chi connectivity index (χ3v) is 6.66. The van der Waals surface area contributed by atoms with Gasteiger partial charge in [0.15, 0.2) is 12.1 Å². The Labute approximate surface area is 191 Å². The Morgan fingerprint density at radius 3 is 2.50 bits per heavy atom. The second-order valence-electron chi connectivity index (χ2n) is 7.10. The molecule has 156 valence electrons. The first-order valence-electron chi connectivity index (χ1n) is 10.3. The first-order chi connectivity index (χ1) is 15.6. The third kappa shape index (κ3) is 3.63. The van der Waals surface area contributed by atoms with Gasteiger partial charge in [-0.3, -0.25) is 0 Å². The Morgan fingerprint density at radius 1 is 1.09 bits per heavy atom. The van der Waals surface area contributed by atoms with Crippen molar-refractivity contribution < 1.29 is 8.98 Å². The molecule has 0 unspecified atom stereocenters. The van der Waals surface area contributed by atoms with Crippen LogP contribution in [0.5, 0.6) is 0 Å². The molecule has 5 heteroatoms. The molecule has 0 N–H and O–H groups in total. The summed E-state index contributed by atoms with van der Waals surface area (Å²) in [6.45, 7) is 6.84. The van der Waals surface area contributed by atoms with Crippen LogP contribution in [0.2, 0.25) is 0 Å². The zero-order chi connectivity index (χ0) is 22.7. The number of thiazole rings is 1. The first-order valence-corrected chi connectivity index (χ1v) is 11.1. The van der Waals surface area contributed by atoms with Crippen LogP contribution < -0.4 is 15.1 Å². The van der Waals surface area contributed by atoms with E-state index >= 15 is 0 Å². The predicted octanol–water partition coefficient (Wildman–Crippen LogP) is 4.43. The molecule has 0 amide bonds. The van der Waals surface area contributed by atoms with Gasteiger partial charge in [0.05, 0.1) is 5.56 Å². The molecule has 0 aliphatic carbocycles. The maximum absolute atomic E-state index is 12.8. The molecule has 0 radical (unpaired) electrons. The van der Waals surface area contributed by atoms with Gasteiger partial charge in [0.2, 0.25) is 5.52 Å². The van der Waals surface area contributed by atoms with Crippen LogP contribution in [-0.2, 0) is 6.54 Å². The van der Waals surface area contributed by atoms with Crippen molar-refractivity contribution in [1.82, 2.24) is 0 Å². The van der Waals surface area contributed by atoms with Crippen molar-refractivity contribution >= 4 is 38.2 Å². The van der Waals surface area contributed by atoms with Crippen molar-refractivity contribution in [3.63, 3.8) is 0 Å². The van der Waals surface area contributed by atoms with Gasteiger partial charge in [0, 0.05) is 36.3 Å². The lowest BCUT2D eigenvalue weighted by atomic mass is 10.1. The summed E-state index contributed by atoms with van der Waals surface area (Å²) in [5, 5.41) is 2.04. The summed E-state index contributed by atoms with van der Waals surface area (Å²) in [5.74, 6) is 8.61. The Balaban J connectivity index is 0.000000363. The molecular formula is C27H21N2O2S+. The number of fused-ring (bicyclic) bond motifs is 7. The molecule has 1 aliphatic rings. The van der Waals surface area contributed by atoms with E-state index in [0.29, 0.717) is 5.58 Å². The van der Waals surface area contributed by atoms with E-state index in [9.17, 15) is 4.79 Å². The highest BCUT2D eigenvalue weighted by molar-refractivity contribution is 7.21. The van der Waals surface area contributed by atoms with Gasteiger partial charge in [0.1, 0.15) is 10.3 Å². The van der Waals surface area contributed by atoms with E-state index in [2.05, 4.69) is 71.3 Å². The Kier molecular flexibility index (Phi) is 6.00. The highest BCUT2D eigenvalue weighted by Gasteiger charge is 2.36. The monoisotopic (exact) mass is 437 g/mol. The predicted molar refractivity (Wildman–Crippen MR) is 132 cm³/mol. The number of rotatable bonds is 3. The zero-order valence-electron chi connectivity index (χ0n) is 17.9. The van der Waals surface area contributed by atoms with Crippen LogP contribution in [0.4, 0.5) is 5.69 Å². The van der Waals surface area contributed by atoms with Crippen molar-refractivity contribution in [3.05, 3.63) is 58.4 Å². The number of hydrogen-bond donors (Lipinski definition) is 0. The average molecular weight is 438 g/mol. The van der Waals surface area contributed by atoms with Gasteiger partial charge in [0.25, 0.3) is 5.01 Å². The number of hydrogen-bond acceptors (Lipinski definition) is 4. The topological polar surface area (TPSA) is 37.3 Å². The molecule has 4 nitrogen and oxygen atoms in total. The van der Waals surface area contributed by atoms with Gasteiger partial charge in [-0.25, -0.2) is 4.79 Å². The van der Waals surface area contributed by atoms with Crippen LogP contribution in [0.15, 0.2) is 51.7 Å². The number of aromatic nitrogens is 1. The minimum atomic E-state index is -0.234. The molecule has 5 rings (SSSR count). The van der Waals surface area contributed by atoms with Gasteiger partial charge < -0.3 is 9.32 Å². The van der Waals surface area contributed by atoms with Gasteiger partial charge in [-0.15, -0.1) is 12.8 Å². The highest BCUT2D eigenvalue weighted by atomic mass is 32.1. The molecule has 0 saturated heterocycles. The minimum absolute atomic E-state index is 0.234. The fourth-order valence-corrected chi connectivity index (χ4v) is 5.25. The van der Waals surface area contributed by atoms with E-state index in [4.69, 9.17) is 17.3 Å². The quantitative estimate of drug-likeness (QED) is 0.238. The molecule has 0 saturated carbocycles. The number of benzene rings is 2. The van der Waals surface area contributed by atoms with Crippen LogP contribution in [0.3, 0.4) is 0 Å². The molecular weight excluding hydrogens is 416 g/mol. The summed E-state index contributed by atoms with van der Waals surface area (Å²) in [6, 6.07) is 14.5. The summed E-state index contributed by atoms with van der Waals surface area (Å²) in [5.41, 5.74) is 4.53. The molecule has 3 heterocycles. The van der Waals surface area contributed by atoms with Gasteiger partial charge in [-0.05, 0) is 55.7 Å². The maximum Gasteiger partial charge on any atom is 0.351 e. The lowest BCUT2D eigenvalue weighted by Crippen LogP contribution is -2.30. The number of anilines is 1. The van der Waals surface area contributed by atoms with E-state index < -0.39 is 0 Å². The van der Waals surface area contributed by atoms with E-state index in [0.717, 1.165) is 46.8 Å². The number of terminal acetylenes is 2. The number of nitrogens with zero attached hydrogens (tertiary/aromatic N) is 2. The molecule has 0 spiro atoms. The van der Waals surface area contributed by atoms with Crippen LogP contribution in [0.25, 0.3) is 31.8 Å². The highest BCUT2D eigenvalue weighted by Crippen LogP contribution is 2.37. The number of para-hydroxylation sites is 1. The SMILES string of the molecule is C#CC#CC#C.CCN(CC)c1ccc2c3c(c(=O)oc2c1)-c1sc2ccccc2[n+]1C3. The van der Waals surface area contributed by atoms with Crippen molar-refractivity contribution in [2.45, 2.75) is 20.4 Å². The normalized spacial score (nSPS) is 10.8. The first kappa shape index (κ1) is 21.3. The lowest BCUT2D eigenvalue weighted by Gasteiger charge is -2.21. The molecule has 2 aromatic heterocycles. The molecule has 0 atom stereocenters. The molecule has 0 fully saturated rings. The Bertz CT molecular complexity index is 1510. The maximum atomic E-state index is 12.8. The van der Waals surface area contributed by atoms with Gasteiger partial charge in [-0.1, -0.05) is 23.5 Å². The zero-order valence-corrected chi connectivity index (χ0v) is 18.8. The molecule has 1 aliphatic heterocycles. The van der Waals surface area contributed by atoms with E-state index in [1.807, 2.05) is 18.2 Å². The summed E-state index contributed by atoms with van der Waals surface area (Å²) < 4.78 is 9.18. The average Bonchev–Trinajstić information content (AvgIpc) is 3.35. The van der Waals surface area contributed by atoms with Crippen molar-refractivity contribution in [1.29, 1.82) is 0 Å². The van der Waals surface area contributed by atoms with Gasteiger partial charge >= 0.3 is 5.63 Å². The molecule has 0 bridgehead atoms. The molecule has 2 aromatic carbocycles. The second-order valence-corrected chi connectivity index (χ2v) is 8.13. The fraction of sp³-hybridized carbons (Fsp3) is 0.185. The third-order valence-electron chi connectivity index (χ3n) is 5.47. The Hall–Kier alpha value is -3.98. The van der Waals surface area contributed by atoms with E-state index in [-0.39, 0.29) is 5.63 Å². The van der Waals surface area contributed by atoms with Crippen molar-refractivity contribution in [3.8, 4) is 47.1 Å². The van der Waals surface area contributed by atoms with Gasteiger partial charge in [-0.2, -0.15) is 4.57 Å². The smallest absolute Gasteiger partial charge is 0.351 e. The largest absolute Gasteiger partial charge is 0.422 e. The van der Waals surface area contributed by atoms with Crippen LogP contribution in [0, 0.1) is 36.5 Å². The fourth-order valence-electron chi connectivity index (χ4n) is 4.03. The van der Waals surface area contributed by atoms with Crippen LogP contribution in [-0.4, -0.2) is 13.1 Å². The van der Waals surface area contributed by atoms with Crippen molar-refractivity contribution in [2.24, 2.45) is 0 Å². The standard InChI is InChI=1S/C21H19N2O2S.C6H2/c1-3-22(4-2)13-9-10-14-15-12-23-16-7-5-6-8-18(16)26-20(23)19(15)21(24)25-17(14)11-13;1-3-5-6-4-2/h5-11H,3-4,12H2,1-2H3;1-2H/q+1;. The molecule has 32 heavy (non-hydrogen) atoms. The summed E-state index contributed by atoms with van der Waals surface area (Å²) in [4.78, 5) is 15.1. The summed E-state index contributed by atoms with van der Waals surface area (Å²) >= 11 is 1.66. The van der Waals surface area contributed by atoms with Crippen LogP contribution in [0.1, 0.15) is 19.4 Å². The second kappa shape index (κ2) is 9.03. The summed E-state index contributed by atoms with van der Waals surface area (Å²) in [6.07, 6.45) is 9.39. The Morgan fingerprint density at radius 2 is 1.81 bits per heavy atom. The van der Waals surface area contributed by atoms with E-state index in [1.165, 1.54) is 10.2 Å².